The van der Waals surface area contributed by atoms with Gasteiger partial charge in [0.2, 0.25) is 6.54 Å². The number of rotatable bonds is 3. The van der Waals surface area contributed by atoms with Crippen LogP contribution in [0.4, 0.5) is 5.82 Å². The molecule has 0 aliphatic carbocycles. The number of aryl methyl sites for hydroxylation is 1. The molecule has 0 bridgehead atoms. The standard InChI is InChI=1S/C9H12ClN3O2/c1-3-15-8(14)5-13-9(11)6(2)4-7(10)12-13/h4,11H,3,5H2,1-2H3/p+1. The van der Waals surface area contributed by atoms with E-state index in [1.165, 1.54) is 4.68 Å². The maximum atomic E-state index is 11.2. The molecule has 0 aromatic carbocycles. The zero-order valence-corrected chi connectivity index (χ0v) is 9.41. The second-order valence-corrected chi connectivity index (χ2v) is 3.39. The number of nitrogens with two attached hydrogens (primary N) is 1. The van der Waals surface area contributed by atoms with Gasteiger partial charge in [0.1, 0.15) is 0 Å². The summed E-state index contributed by atoms with van der Waals surface area (Å²) in [6.45, 7) is 3.84. The van der Waals surface area contributed by atoms with Crippen molar-refractivity contribution in [2.75, 3.05) is 12.3 Å². The first-order valence-corrected chi connectivity index (χ1v) is 4.90. The topological polar surface area (TPSA) is 69.1 Å². The van der Waals surface area contributed by atoms with Crippen LogP contribution in [0.25, 0.3) is 0 Å². The molecule has 1 aromatic rings. The molecule has 15 heavy (non-hydrogen) atoms. The van der Waals surface area contributed by atoms with Crippen molar-refractivity contribution >= 4 is 23.4 Å². The van der Waals surface area contributed by atoms with Crippen LogP contribution in [0.3, 0.4) is 0 Å². The zero-order valence-electron chi connectivity index (χ0n) is 8.66. The molecular formula is C9H13ClN3O2+. The van der Waals surface area contributed by atoms with Crippen LogP contribution in [0, 0.1) is 6.92 Å². The molecule has 1 rings (SSSR count). The first-order valence-electron chi connectivity index (χ1n) is 4.53. The maximum absolute atomic E-state index is 11.2. The number of carbonyl (C=O) groups excluding carboxylic acids is 1. The highest BCUT2D eigenvalue weighted by molar-refractivity contribution is 6.29. The van der Waals surface area contributed by atoms with Crippen molar-refractivity contribution in [3.8, 4) is 0 Å². The van der Waals surface area contributed by atoms with Crippen LogP contribution in [-0.4, -0.2) is 17.7 Å². The minimum absolute atomic E-state index is 0.0267. The van der Waals surface area contributed by atoms with Crippen molar-refractivity contribution in [1.82, 2.24) is 5.10 Å². The van der Waals surface area contributed by atoms with E-state index in [1.807, 2.05) is 0 Å². The first kappa shape index (κ1) is 11.7. The van der Waals surface area contributed by atoms with Crippen LogP contribution in [0.2, 0.25) is 5.15 Å². The van der Waals surface area contributed by atoms with Crippen LogP contribution in [0.15, 0.2) is 6.07 Å². The summed E-state index contributed by atoms with van der Waals surface area (Å²) in [4.78, 5) is 11.2. The van der Waals surface area contributed by atoms with Crippen molar-refractivity contribution < 1.29 is 14.2 Å². The Kier molecular flexibility index (Phi) is 3.85. The molecule has 5 nitrogen and oxygen atoms in total. The van der Waals surface area contributed by atoms with Gasteiger partial charge in [0.25, 0.3) is 5.82 Å². The molecule has 0 radical (unpaired) electrons. The third kappa shape index (κ3) is 3.06. The van der Waals surface area contributed by atoms with Gasteiger partial charge in [-0.3, -0.25) is 5.73 Å². The van der Waals surface area contributed by atoms with E-state index in [1.54, 1.807) is 19.9 Å². The highest BCUT2D eigenvalue weighted by atomic mass is 35.5. The number of nitrogens with zero attached hydrogens (tertiary/aromatic N) is 2. The SMILES string of the molecule is CCOC(=O)C[n+]1nc(Cl)cc(C)c1N. The lowest BCUT2D eigenvalue weighted by Gasteiger charge is -2.03. The van der Waals surface area contributed by atoms with E-state index in [2.05, 4.69) is 5.10 Å². The van der Waals surface area contributed by atoms with Gasteiger partial charge in [-0.1, -0.05) is 16.7 Å². The molecule has 0 amide bonds. The van der Waals surface area contributed by atoms with Crippen LogP contribution in [-0.2, 0) is 16.1 Å². The van der Waals surface area contributed by atoms with Gasteiger partial charge in [0, 0.05) is 5.56 Å². The highest BCUT2D eigenvalue weighted by Gasteiger charge is 2.16. The molecule has 0 fully saturated rings. The molecule has 1 heterocycles. The Morgan fingerprint density at radius 3 is 3.00 bits per heavy atom. The number of halogens is 1. The molecule has 82 valence electrons. The second kappa shape index (κ2) is 4.93. The lowest BCUT2D eigenvalue weighted by Crippen LogP contribution is -2.45. The summed E-state index contributed by atoms with van der Waals surface area (Å²) >= 11 is 5.74. The van der Waals surface area contributed by atoms with E-state index in [0.717, 1.165) is 5.56 Å². The van der Waals surface area contributed by atoms with Crippen molar-refractivity contribution in [2.24, 2.45) is 0 Å². The number of nitrogen functional groups attached to an aromatic ring is 1. The van der Waals surface area contributed by atoms with Crippen LogP contribution in [0.5, 0.6) is 0 Å². The number of esters is 1. The van der Waals surface area contributed by atoms with E-state index >= 15 is 0 Å². The van der Waals surface area contributed by atoms with Gasteiger partial charge in [-0.2, -0.15) is 0 Å². The van der Waals surface area contributed by atoms with Gasteiger partial charge in [0.05, 0.1) is 6.61 Å². The lowest BCUT2D eigenvalue weighted by atomic mass is 10.3. The Labute approximate surface area is 92.8 Å². The summed E-state index contributed by atoms with van der Waals surface area (Å²) in [5.41, 5.74) is 6.51. The normalized spacial score (nSPS) is 10.1. The van der Waals surface area contributed by atoms with E-state index < -0.39 is 0 Å². The van der Waals surface area contributed by atoms with E-state index in [4.69, 9.17) is 22.1 Å². The third-order valence-corrected chi connectivity index (χ3v) is 2.00. The van der Waals surface area contributed by atoms with Gasteiger partial charge in [-0.05, 0) is 19.9 Å². The summed E-state index contributed by atoms with van der Waals surface area (Å²) in [6, 6.07) is 1.64. The Morgan fingerprint density at radius 1 is 1.73 bits per heavy atom. The molecule has 0 unspecified atom stereocenters. The van der Waals surface area contributed by atoms with Gasteiger partial charge in [-0.15, -0.1) is 4.68 Å². The minimum Gasteiger partial charge on any atom is -0.463 e. The molecule has 6 heteroatoms. The molecular weight excluding hydrogens is 218 g/mol. The van der Waals surface area contributed by atoms with Crippen molar-refractivity contribution in [2.45, 2.75) is 20.4 Å². The number of aromatic nitrogens is 2. The first-order chi connectivity index (χ1) is 7.04. The lowest BCUT2D eigenvalue weighted by molar-refractivity contribution is -0.730. The summed E-state index contributed by atoms with van der Waals surface area (Å²) in [5, 5.41) is 4.21. The van der Waals surface area contributed by atoms with E-state index in [9.17, 15) is 4.79 Å². The molecule has 0 saturated heterocycles. The summed E-state index contributed by atoms with van der Waals surface area (Å²) in [5.74, 6) is 0.0239. The molecule has 0 atom stereocenters. The fraction of sp³-hybridized carbons (Fsp3) is 0.444. The summed E-state index contributed by atoms with van der Waals surface area (Å²) in [6.07, 6.45) is 0. The van der Waals surface area contributed by atoms with Crippen LogP contribution >= 0.6 is 11.6 Å². The predicted octanol–water partition coefficient (Wildman–Crippen LogP) is 0.476. The van der Waals surface area contributed by atoms with Gasteiger partial charge < -0.3 is 4.74 Å². The molecule has 1 aromatic heterocycles. The van der Waals surface area contributed by atoms with Gasteiger partial charge in [-0.25, -0.2) is 4.79 Å². The largest absolute Gasteiger partial charge is 0.463 e. The van der Waals surface area contributed by atoms with Crippen molar-refractivity contribution in [3.05, 3.63) is 16.8 Å². The quantitative estimate of drug-likeness (QED) is 0.606. The molecule has 0 aliphatic rings. The Balaban J connectivity index is 2.89. The fourth-order valence-electron chi connectivity index (χ4n) is 1.10. The van der Waals surface area contributed by atoms with Crippen LogP contribution in [0.1, 0.15) is 12.5 Å². The Morgan fingerprint density at radius 2 is 2.40 bits per heavy atom. The summed E-state index contributed by atoms with van der Waals surface area (Å²) < 4.78 is 6.11. The Bertz CT molecular complexity index is 382. The van der Waals surface area contributed by atoms with E-state index in [-0.39, 0.29) is 12.5 Å². The zero-order chi connectivity index (χ0) is 11.4. The molecule has 2 N–H and O–H groups in total. The predicted molar refractivity (Wildman–Crippen MR) is 55.2 cm³/mol. The van der Waals surface area contributed by atoms with Crippen molar-refractivity contribution in [1.29, 1.82) is 0 Å². The Hall–Kier alpha value is -1.36. The second-order valence-electron chi connectivity index (χ2n) is 3.00. The molecule has 0 aliphatic heterocycles. The molecule has 0 saturated carbocycles. The average molecular weight is 231 g/mol. The van der Waals surface area contributed by atoms with Gasteiger partial charge in [0.15, 0.2) is 5.15 Å². The highest BCUT2D eigenvalue weighted by Crippen LogP contribution is 2.08. The van der Waals surface area contributed by atoms with E-state index in [0.29, 0.717) is 17.6 Å². The fourth-order valence-corrected chi connectivity index (χ4v) is 1.36. The monoisotopic (exact) mass is 230 g/mol. The maximum Gasteiger partial charge on any atom is 0.350 e. The number of carbonyl (C=O) groups is 1. The van der Waals surface area contributed by atoms with Crippen LogP contribution < -0.4 is 10.4 Å². The van der Waals surface area contributed by atoms with Crippen molar-refractivity contribution in [3.63, 3.8) is 0 Å². The number of ether oxygens (including phenoxy) is 1. The number of hydrogen-bond donors (Lipinski definition) is 1. The number of hydrogen-bond acceptors (Lipinski definition) is 4. The number of anilines is 1. The molecule has 0 spiro atoms. The summed E-state index contributed by atoms with van der Waals surface area (Å²) in [7, 11) is 0. The average Bonchev–Trinajstić information content (AvgIpc) is 2.13. The smallest absolute Gasteiger partial charge is 0.350 e. The third-order valence-electron chi connectivity index (χ3n) is 1.82. The minimum atomic E-state index is -0.386. The van der Waals surface area contributed by atoms with Gasteiger partial charge >= 0.3 is 5.97 Å².